The molecular weight excluding hydrogens is 773 g/mol. The van der Waals surface area contributed by atoms with Gasteiger partial charge in [-0.15, -0.1) is 0 Å². The largest absolute Gasteiger partial charge is 0.494 e. The van der Waals surface area contributed by atoms with Gasteiger partial charge < -0.3 is 28.8 Å². The number of hydrogen-bond donors (Lipinski definition) is 1. The van der Waals surface area contributed by atoms with Crippen LogP contribution in [0.25, 0.3) is 16.5 Å². The van der Waals surface area contributed by atoms with E-state index in [0.29, 0.717) is 20.6 Å². The third-order valence-electron chi connectivity index (χ3n) is 6.93. The molecule has 1 saturated heterocycles. The van der Waals surface area contributed by atoms with Crippen LogP contribution >= 0.6 is 38.5 Å². The molecule has 0 spiro atoms. The van der Waals surface area contributed by atoms with E-state index >= 15 is 0 Å². The number of aromatic hydroxyl groups is 1. The predicted octanol–water partition coefficient (Wildman–Crippen LogP) is 1.72. The first kappa shape index (κ1) is 32.5. The number of hydrogen-bond acceptors (Lipinski definition) is 12. The summed E-state index contributed by atoms with van der Waals surface area (Å²) >= 11 is 5.49. The van der Waals surface area contributed by atoms with Gasteiger partial charge in [-0.25, -0.2) is 4.98 Å². The smallest absolute Gasteiger partial charge is 0.303 e. The molecule has 45 heavy (non-hydrogen) atoms. The lowest BCUT2D eigenvalue weighted by Gasteiger charge is -2.45. The monoisotopic (exact) mass is 797 g/mol. The molecule has 0 unspecified atom stereocenters. The fraction of sp³-hybridized carbons (Fsp3) is 0.345. The van der Waals surface area contributed by atoms with E-state index in [4.69, 9.17) is 23.7 Å². The number of ether oxygens (including phenoxy) is 5. The maximum Gasteiger partial charge on any atom is 0.303 e. The van der Waals surface area contributed by atoms with Crippen LogP contribution in [0.3, 0.4) is 0 Å². The van der Waals surface area contributed by atoms with Crippen LogP contribution in [0.4, 0.5) is 0 Å². The summed E-state index contributed by atoms with van der Waals surface area (Å²) in [7, 11) is 0. The quantitative estimate of drug-likeness (QED) is 0.208. The van der Waals surface area contributed by atoms with Gasteiger partial charge >= 0.3 is 23.9 Å². The molecule has 3 aromatic rings. The van der Waals surface area contributed by atoms with Gasteiger partial charge in [0.05, 0.1) is 16.7 Å². The summed E-state index contributed by atoms with van der Waals surface area (Å²) in [5.74, 6) is -4.19. The topological polar surface area (TPSA) is 182 Å². The molecule has 0 saturated carbocycles. The number of esters is 4. The molecule has 236 valence electrons. The lowest BCUT2D eigenvalue weighted by molar-refractivity contribution is -0.268. The maximum atomic E-state index is 13.3. The zero-order valence-corrected chi connectivity index (χ0v) is 27.9. The second kappa shape index (κ2) is 12.8. The van der Waals surface area contributed by atoms with Gasteiger partial charge in [0, 0.05) is 52.5 Å². The number of amides is 1. The summed E-state index contributed by atoms with van der Waals surface area (Å²) in [5.41, 5.74) is 0.661. The van der Waals surface area contributed by atoms with Crippen molar-refractivity contribution in [2.75, 3.05) is 6.61 Å². The molecular formula is C29H25BrIN3O11. The van der Waals surface area contributed by atoms with Crippen LogP contribution in [-0.2, 0) is 47.7 Å². The Kier molecular flexibility index (Phi) is 9.27. The SMILES string of the molecule is CC(=O)OC[C@H]1O[C@@H](n2c(O)c(C3=c4cc(I)cnc4=NC3=O)c3cc(Br)ccc32)[C@H](OC(C)=O)[C@@H](OC(C)=O)[C@@H]1OC(C)=O. The molecule has 0 radical (unpaired) electrons. The average Bonchev–Trinajstić information content (AvgIpc) is 3.40. The molecule has 2 aliphatic rings. The van der Waals surface area contributed by atoms with Crippen molar-refractivity contribution in [2.45, 2.75) is 58.3 Å². The minimum absolute atomic E-state index is 0.0704. The Morgan fingerprint density at radius 3 is 2.27 bits per heavy atom. The molecule has 5 rings (SSSR count). The second-order valence-corrected chi connectivity index (χ2v) is 12.3. The van der Waals surface area contributed by atoms with Crippen LogP contribution in [0, 0.1) is 3.57 Å². The van der Waals surface area contributed by atoms with Crippen molar-refractivity contribution >= 4 is 84.8 Å². The molecule has 2 aliphatic heterocycles. The minimum Gasteiger partial charge on any atom is -0.494 e. The first-order valence-electron chi connectivity index (χ1n) is 13.4. The van der Waals surface area contributed by atoms with Crippen molar-refractivity contribution in [1.29, 1.82) is 0 Å². The summed E-state index contributed by atoms with van der Waals surface area (Å²) in [6.45, 7) is 4.04. The van der Waals surface area contributed by atoms with Crippen LogP contribution < -0.4 is 10.7 Å². The van der Waals surface area contributed by atoms with Gasteiger partial charge in [-0.2, -0.15) is 4.99 Å². The lowest BCUT2D eigenvalue weighted by Crippen LogP contribution is -2.60. The van der Waals surface area contributed by atoms with Crippen LogP contribution in [0.2, 0.25) is 0 Å². The van der Waals surface area contributed by atoms with Crippen molar-refractivity contribution in [3.8, 4) is 5.88 Å². The molecule has 16 heteroatoms. The van der Waals surface area contributed by atoms with Crippen molar-refractivity contribution < 1.29 is 52.8 Å². The average molecular weight is 798 g/mol. The van der Waals surface area contributed by atoms with Crippen molar-refractivity contribution in [3.63, 3.8) is 0 Å². The Morgan fingerprint density at radius 1 is 0.978 bits per heavy atom. The number of carbonyl (C=O) groups is 5. The zero-order chi connectivity index (χ0) is 32.7. The van der Waals surface area contributed by atoms with Gasteiger partial charge in [-0.05, 0) is 46.9 Å². The van der Waals surface area contributed by atoms with E-state index in [2.05, 4.69) is 25.9 Å². The fourth-order valence-electron chi connectivity index (χ4n) is 5.41. The van der Waals surface area contributed by atoms with E-state index < -0.39 is 72.9 Å². The van der Waals surface area contributed by atoms with Crippen molar-refractivity contribution in [1.82, 2.24) is 9.55 Å². The number of rotatable bonds is 7. The summed E-state index contributed by atoms with van der Waals surface area (Å²) in [6.07, 6.45) is -5.56. The molecule has 0 aliphatic carbocycles. The number of fused-ring (bicyclic) bond motifs is 2. The number of benzene rings is 1. The summed E-state index contributed by atoms with van der Waals surface area (Å²) < 4.78 is 30.7. The highest BCUT2D eigenvalue weighted by Crippen LogP contribution is 2.44. The lowest BCUT2D eigenvalue weighted by atomic mass is 9.97. The maximum absolute atomic E-state index is 13.3. The highest BCUT2D eigenvalue weighted by atomic mass is 127. The summed E-state index contributed by atoms with van der Waals surface area (Å²) in [5, 5.41) is 12.8. The van der Waals surface area contributed by atoms with Gasteiger partial charge in [0.1, 0.15) is 12.7 Å². The van der Waals surface area contributed by atoms with Crippen LogP contribution in [0.15, 0.2) is 39.9 Å². The van der Waals surface area contributed by atoms with Crippen molar-refractivity contribution in [2.24, 2.45) is 4.99 Å². The van der Waals surface area contributed by atoms with E-state index in [0.717, 1.165) is 31.3 Å². The number of carbonyl (C=O) groups excluding carboxylic acids is 5. The van der Waals surface area contributed by atoms with E-state index in [9.17, 15) is 29.1 Å². The number of pyridine rings is 1. The van der Waals surface area contributed by atoms with Gasteiger partial charge in [-0.3, -0.25) is 28.5 Å². The number of nitrogens with zero attached hydrogens (tertiary/aromatic N) is 3. The standard InChI is InChI=1S/C29H25BrIN3O11/c1-11(35)41-10-20-23(42-12(2)36)24(43-13(3)37)25(44-14(4)38)29(45-20)34-19-6-5-15(30)7-17(19)22(28(34)40)21-18-8-16(31)9-32-26(18)33-27(21)39/h5-9,20,23-25,29,40H,10H2,1-4H3/t20-,23-,24+,25-,29-/m1/s1. The number of aromatic nitrogens is 2. The molecule has 5 atom stereocenters. The summed E-state index contributed by atoms with van der Waals surface area (Å²) in [6, 6.07) is 6.69. The Labute approximate surface area is 276 Å². The molecule has 0 bridgehead atoms. The molecule has 2 aromatic heterocycles. The molecule has 1 amide bonds. The van der Waals surface area contributed by atoms with Gasteiger partial charge in [0.25, 0.3) is 5.91 Å². The second-order valence-electron chi connectivity index (χ2n) is 10.1. The number of halogens is 2. The van der Waals surface area contributed by atoms with Crippen LogP contribution in [0.1, 0.15) is 39.5 Å². The Hall–Kier alpha value is -3.90. The van der Waals surface area contributed by atoms with Gasteiger partial charge in [-0.1, -0.05) is 15.9 Å². The Balaban J connectivity index is 1.79. The van der Waals surface area contributed by atoms with Crippen molar-refractivity contribution in [3.05, 3.63) is 54.8 Å². The fourth-order valence-corrected chi connectivity index (χ4v) is 6.22. The predicted molar refractivity (Wildman–Crippen MR) is 164 cm³/mol. The zero-order valence-electron chi connectivity index (χ0n) is 24.1. The Bertz CT molecular complexity index is 1890. The minimum atomic E-state index is -1.51. The molecule has 1 fully saturated rings. The Morgan fingerprint density at radius 2 is 1.62 bits per heavy atom. The highest BCUT2D eigenvalue weighted by Gasteiger charge is 2.54. The molecule has 14 nitrogen and oxygen atoms in total. The van der Waals surface area contributed by atoms with Gasteiger partial charge in [0.2, 0.25) is 5.88 Å². The highest BCUT2D eigenvalue weighted by molar-refractivity contribution is 14.1. The molecule has 1 N–H and O–H groups in total. The molecule has 4 heterocycles. The van der Waals surface area contributed by atoms with E-state index in [1.807, 2.05) is 22.6 Å². The summed E-state index contributed by atoms with van der Waals surface area (Å²) in [4.78, 5) is 70.2. The van der Waals surface area contributed by atoms with Crippen LogP contribution in [0.5, 0.6) is 5.88 Å². The van der Waals surface area contributed by atoms with Gasteiger partial charge in [0.15, 0.2) is 30.0 Å². The third-order valence-corrected chi connectivity index (χ3v) is 8.02. The van der Waals surface area contributed by atoms with E-state index in [1.54, 1.807) is 30.5 Å². The third kappa shape index (κ3) is 6.44. The van der Waals surface area contributed by atoms with E-state index in [-0.39, 0.29) is 16.6 Å². The first-order valence-corrected chi connectivity index (χ1v) is 15.3. The van der Waals surface area contributed by atoms with E-state index in [1.165, 1.54) is 4.57 Å². The molecule has 1 aromatic carbocycles. The normalized spacial score (nSPS) is 22.4. The first-order chi connectivity index (χ1) is 21.3. The van der Waals surface area contributed by atoms with Crippen LogP contribution in [-0.4, -0.2) is 75.5 Å².